The smallest absolute Gasteiger partial charge is 0.170 e. The van der Waals surface area contributed by atoms with Crippen LogP contribution in [0.2, 0.25) is 0 Å². The number of hydrogen-bond donors (Lipinski definition) is 0. The third kappa shape index (κ3) is 1.61. The maximum absolute atomic E-state index is 11.2. The Morgan fingerprint density at radius 3 is 2.42 bits per heavy atom. The number of carbonyl (C=O) groups excluding carboxylic acids is 2. The fraction of sp³-hybridized carbons (Fsp3) is 0.286. The molecule has 0 atom stereocenters. The molecule has 0 aromatic carbocycles. The Balaban J connectivity index is 2.95. The minimum absolute atomic E-state index is 0.0274. The van der Waals surface area contributed by atoms with Crippen LogP contribution in [0.1, 0.15) is 12.8 Å². The normalized spacial score (nSPS) is 18.8. The van der Waals surface area contributed by atoms with Crippen molar-refractivity contribution in [3.8, 4) is 0 Å². The number of Topliss-reactive ketones (excluding diaryl/α,β-unsaturated/α-hetero) is 2. The lowest BCUT2D eigenvalue weighted by molar-refractivity contribution is -0.121. The van der Waals surface area contributed by atoms with Gasteiger partial charge in [-0.25, -0.2) is 4.21 Å². The summed E-state index contributed by atoms with van der Waals surface area (Å²) in [4.78, 5) is 22.8. The predicted octanol–water partition coefficient (Wildman–Crippen LogP) is -0.912. The van der Waals surface area contributed by atoms with Gasteiger partial charge in [0.25, 0.3) is 0 Å². The van der Waals surface area contributed by atoms with Crippen LogP contribution in [0.3, 0.4) is 0 Å². The summed E-state index contributed by atoms with van der Waals surface area (Å²) >= 11 is 0.214. The van der Waals surface area contributed by atoms with Gasteiger partial charge < -0.3 is 0 Å². The van der Waals surface area contributed by atoms with E-state index in [4.69, 9.17) is 1.34 Å². The van der Waals surface area contributed by atoms with Gasteiger partial charge in [-0.2, -0.15) is 0 Å². The zero-order chi connectivity index (χ0) is 9.84. The molecule has 0 heterocycles. The van der Waals surface area contributed by atoms with Crippen LogP contribution in [0.25, 0.3) is 0 Å². The average Bonchev–Trinajstić information content (AvgIpc) is 2.11. The molecule has 0 bridgehead atoms. The molecule has 0 spiro atoms. The van der Waals surface area contributed by atoms with E-state index in [9.17, 15) is 13.8 Å². The van der Waals surface area contributed by atoms with Gasteiger partial charge in [0.15, 0.2) is 11.6 Å². The largest absolute Gasteiger partial charge is 0.294 e. The average molecular weight is 182 g/mol. The van der Waals surface area contributed by atoms with Gasteiger partial charge in [0.2, 0.25) is 0 Å². The highest BCUT2D eigenvalue weighted by molar-refractivity contribution is 7.66. The zero-order valence-electron chi connectivity index (χ0n) is 7.20. The minimum Gasteiger partial charge on any atom is -0.294 e. The Morgan fingerprint density at radius 2 is 2.00 bits per heavy atom. The first-order valence-corrected chi connectivity index (χ1v) is 4.06. The quantitative estimate of drug-likeness (QED) is 0.228. The van der Waals surface area contributed by atoms with E-state index in [-0.39, 0.29) is 41.2 Å². The van der Waals surface area contributed by atoms with Crippen molar-refractivity contribution in [2.75, 3.05) is 0 Å². The molecule has 0 aromatic rings. The van der Waals surface area contributed by atoms with Crippen molar-refractivity contribution in [3.63, 3.8) is 0 Å². The Hall–Kier alpha value is -0.965. The molecule has 0 amide bonds. The summed E-state index contributed by atoms with van der Waals surface area (Å²) < 4.78 is 17.1. The molecule has 1 saturated carbocycles. The number of hydrogen-bond acceptors (Lipinski definition) is 3. The lowest BCUT2D eigenvalue weighted by Crippen LogP contribution is -2.25. The van der Waals surface area contributed by atoms with Crippen molar-refractivity contribution in [1.29, 1.82) is 1.34 Å². The summed E-state index contributed by atoms with van der Waals surface area (Å²) in [5.74, 6) is 0.452. The number of ketones is 2. The molecule has 0 aliphatic heterocycles. The van der Waals surface area contributed by atoms with Crippen molar-refractivity contribution in [3.05, 3.63) is 11.5 Å². The topological polar surface area (TPSA) is 51.2 Å². The lowest BCUT2D eigenvalue weighted by Gasteiger charge is -2.11. The minimum atomic E-state index is -0.363. The summed E-state index contributed by atoms with van der Waals surface area (Å²) in [5.41, 5.74) is 0.0350. The second kappa shape index (κ2) is 3.62. The molecule has 0 N–H and O–H groups in total. The van der Waals surface area contributed by atoms with Gasteiger partial charge in [-0.3, -0.25) is 9.59 Å². The molecule has 1 aliphatic carbocycles. The molecule has 1 fully saturated rings. The first kappa shape index (κ1) is 7.67. The second-order valence-electron chi connectivity index (χ2n) is 2.40. The molecular formula is C7H6BO3S. The predicted molar refractivity (Wildman–Crippen MR) is 47.6 cm³/mol. The molecule has 0 aromatic heterocycles. The van der Waals surface area contributed by atoms with Gasteiger partial charge in [-0.1, -0.05) is 0 Å². The monoisotopic (exact) mass is 182 g/mol. The van der Waals surface area contributed by atoms with Crippen LogP contribution in [0.5, 0.6) is 0 Å². The highest BCUT2D eigenvalue weighted by Crippen LogP contribution is 2.13. The lowest BCUT2D eigenvalue weighted by atomic mass is 9.88. The van der Waals surface area contributed by atoms with Gasteiger partial charge >= 0.3 is 0 Å². The van der Waals surface area contributed by atoms with Crippen LogP contribution in [-0.2, 0) is 20.8 Å². The van der Waals surface area contributed by atoms with Crippen LogP contribution in [-0.4, -0.2) is 29.8 Å². The van der Waals surface area contributed by atoms with Crippen molar-refractivity contribution >= 4 is 35.5 Å². The van der Waals surface area contributed by atoms with E-state index >= 15 is 0 Å². The van der Waals surface area contributed by atoms with E-state index in [0.29, 0.717) is 4.86 Å². The van der Waals surface area contributed by atoms with E-state index in [0.717, 1.165) is 7.81 Å². The van der Waals surface area contributed by atoms with Crippen molar-refractivity contribution in [2.45, 2.75) is 12.8 Å². The molecular weight excluding hydrogens is 175 g/mol. The first-order chi connectivity index (χ1) is 6.19. The van der Waals surface area contributed by atoms with Crippen LogP contribution in [0.15, 0.2) is 11.5 Å². The second-order valence-corrected chi connectivity index (χ2v) is 3.15. The van der Waals surface area contributed by atoms with E-state index in [1.807, 2.05) is 0 Å². The fourth-order valence-corrected chi connectivity index (χ4v) is 1.39. The van der Waals surface area contributed by atoms with Crippen LogP contribution in [0, 0.1) is 0 Å². The molecule has 12 heavy (non-hydrogen) atoms. The van der Waals surface area contributed by atoms with E-state index in [1.165, 1.54) is 5.98 Å². The Labute approximate surface area is 75.7 Å². The van der Waals surface area contributed by atoms with Crippen molar-refractivity contribution in [2.24, 2.45) is 0 Å². The van der Waals surface area contributed by atoms with E-state index in [1.54, 1.807) is 0 Å². The highest BCUT2D eigenvalue weighted by atomic mass is 32.1. The van der Waals surface area contributed by atoms with Crippen LogP contribution < -0.4 is 0 Å². The van der Waals surface area contributed by atoms with Gasteiger partial charge in [-0.05, 0) is 1.34 Å². The SMILES string of the molecule is [2H][B]C=C1C(=O)CC(=S=O)CC1=O. The van der Waals surface area contributed by atoms with Gasteiger partial charge in [0.05, 0.1) is 11.3 Å². The Bertz CT molecular complexity index is 322. The fourth-order valence-electron chi connectivity index (χ4n) is 1.01. The van der Waals surface area contributed by atoms with Crippen LogP contribution in [0.4, 0.5) is 0 Å². The molecule has 61 valence electrons. The summed E-state index contributed by atoms with van der Waals surface area (Å²) in [6.45, 7) is 0. The number of rotatable bonds is 1. The maximum Gasteiger partial charge on any atom is 0.170 e. The third-order valence-electron chi connectivity index (χ3n) is 1.60. The van der Waals surface area contributed by atoms with Gasteiger partial charge in [0.1, 0.15) is 7.81 Å². The van der Waals surface area contributed by atoms with Crippen molar-refractivity contribution < 1.29 is 13.8 Å². The number of allylic oxidation sites excluding steroid dienone is 1. The number of carbonyl (C=O) groups is 2. The summed E-state index contributed by atoms with van der Waals surface area (Å²) in [5, 5.41) is 0. The molecule has 1 aliphatic rings. The molecule has 1 rings (SSSR count). The summed E-state index contributed by atoms with van der Waals surface area (Å²) in [7, 11) is 0.903. The summed E-state index contributed by atoms with van der Waals surface area (Å²) in [6.07, 6.45) is 0.0547. The molecule has 1 radical (unpaired) electrons. The maximum atomic E-state index is 11.2. The van der Waals surface area contributed by atoms with Gasteiger partial charge in [-0.15, -0.1) is 5.98 Å². The Kier molecular flexibility index (Phi) is 2.32. The Morgan fingerprint density at radius 1 is 1.42 bits per heavy atom. The zero-order valence-corrected chi connectivity index (χ0v) is 7.02. The van der Waals surface area contributed by atoms with E-state index in [2.05, 4.69) is 0 Å². The van der Waals surface area contributed by atoms with E-state index < -0.39 is 0 Å². The summed E-state index contributed by atoms with van der Waals surface area (Å²) in [6, 6.07) is 0. The molecule has 0 saturated heterocycles. The first-order valence-electron chi connectivity index (χ1n) is 3.89. The highest BCUT2D eigenvalue weighted by Gasteiger charge is 2.25. The van der Waals surface area contributed by atoms with Crippen molar-refractivity contribution in [1.82, 2.24) is 0 Å². The molecule has 5 heteroatoms. The molecule has 0 unspecified atom stereocenters. The third-order valence-corrected chi connectivity index (χ3v) is 2.13. The standard InChI is InChI=1S/C7H6BO3S/c8-3-5-6(9)1-4(12-11)2-7(5)10/h3,8H,1-2H2/i8D. The van der Waals surface area contributed by atoms with Gasteiger partial charge in [0, 0.05) is 23.3 Å². The van der Waals surface area contributed by atoms with Crippen LogP contribution >= 0.6 is 0 Å². The molecule has 3 nitrogen and oxygen atoms in total.